The first kappa shape index (κ1) is 18.1. The molecule has 0 radical (unpaired) electrons. The second kappa shape index (κ2) is 8.19. The first-order valence-corrected chi connectivity index (χ1v) is 9.86. The highest BCUT2D eigenvalue weighted by molar-refractivity contribution is 7.18. The Labute approximate surface area is 166 Å². The Hall–Kier alpha value is -3.25. The maximum atomic E-state index is 12.6. The number of hydrogen-bond acceptors (Lipinski definition) is 5. The molecule has 140 valence electrons. The van der Waals surface area contributed by atoms with Crippen molar-refractivity contribution in [2.75, 3.05) is 0 Å². The van der Waals surface area contributed by atoms with Crippen LogP contribution in [0.3, 0.4) is 0 Å². The van der Waals surface area contributed by atoms with Crippen molar-refractivity contribution in [2.45, 2.75) is 20.0 Å². The van der Waals surface area contributed by atoms with Gasteiger partial charge >= 0.3 is 0 Å². The summed E-state index contributed by atoms with van der Waals surface area (Å²) in [6.07, 6.45) is 3.99. The van der Waals surface area contributed by atoms with E-state index in [1.54, 1.807) is 17.6 Å². The molecule has 0 unspecified atom stereocenters. The Morgan fingerprint density at radius 3 is 2.82 bits per heavy atom. The van der Waals surface area contributed by atoms with Crippen molar-refractivity contribution in [3.63, 3.8) is 0 Å². The van der Waals surface area contributed by atoms with Gasteiger partial charge in [-0.3, -0.25) is 4.79 Å². The lowest BCUT2D eigenvalue weighted by Gasteiger charge is -2.06. The van der Waals surface area contributed by atoms with Gasteiger partial charge in [0.15, 0.2) is 0 Å². The van der Waals surface area contributed by atoms with Crippen molar-refractivity contribution in [3.8, 4) is 5.75 Å². The summed E-state index contributed by atoms with van der Waals surface area (Å²) in [5, 5.41) is 4.90. The fourth-order valence-corrected chi connectivity index (χ4v) is 3.70. The maximum Gasteiger partial charge on any atom is 0.282 e. The monoisotopic (exact) mass is 389 g/mol. The van der Waals surface area contributed by atoms with E-state index in [4.69, 9.17) is 4.74 Å². The average molecular weight is 389 g/mol. The molecule has 28 heavy (non-hydrogen) atoms. The van der Waals surface area contributed by atoms with Crippen LogP contribution >= 0.6 is 11.3 Å². The smallest absolute Gasteiger partial charge is 0.282 e. The van der Waals surface area contributed by atoms with Gasteiger partial charge in [-0.25, -0.2) is 4.98 Å². The van der Waals surface area contributed by atoms with Crippen LogP contribution in [0.2, 0.25) is 0 Å². The summed E-state index contributed by atoms with van der Waals surface area (Å²) in [5.74, 6) is 0.749. The summed E-state index contributed by atoms with van der Waals surface area (Å²) < 4.78 is 7.11. The van der Waals surface area contributed by atoms with Crippen LogP contribution in [0.25, 0.3) is 10.2 Å². The number of fused-ring (bicyclic) bond motifs is 1. The molecule has 4 rings (SSSR count). The molecular formula is C22H19N3O2S. The Kier molecular flexibility index (Phi) is 5.30. The van der Waals surface area contributed by atoms with E-state index in [0.29, 0.717) is 12.0 Å². The van der Waals surface area contributed by atoms with Crippen LogP contribution in [-0.4, -0.2) is 15.9 Å². The highest BCUT2D eigenvalue weighted by Crippen LogP contribution is 2.21. The predicted molar refractivity (Wildman–Crippen MR) is 113 cm³/mol. The standard InChI is InChI=1S/C22H19N3O2S/c1-2-19-12-20-21(28-19)23-15-25(22(20)26)24-13-17-9-6-10-18(11-17)27-14-16-7-4-3-5-8-16/h3-13,15H,2,14H2,1H3/b24-13-. The maximum absolute atomic E-state index is 12.6. The molecule has 6 heteroatoms. The van der Waals surface area contributed by atoms with Crippen molar-refractivity contribution >= 4 is 27.8 Å². The van der Waals surface area contributed by atoms with E-state index in [1.807, 2.05) is 60.7 Å². The molecule has 0 saturated carbocycles. The molecule has 0 fully saturated rings. The van der Waals surface area contributed by atoms with E-state index in [-0.39, 0.29) is 5.56 Å². The Morgan fingerprint density at radius 2 is 2.00 bits per heavy atom. The molecular weight excluding hydrogens is 370 g/mol. The van der Waals surface area contributed by atoms with Gasteiger partial charge in [0, 0.05) is 4.88 Å². The molecule has 0 saturated heterocycles. The average Bonchev–Trinajstić information content (AvgIpc) is 3.17. The number of aryl methyl sites for hydroxylation is 1. The van der Waals surface area contributed by atoms with E-state index < -0.39 is 0 Å². The first-order valence-electron chi connectivity index (χ1n) is 9.04. The molecule has 0 bridgehead atoms. The number of nitrogens with zero attached hydrogens (tertiary/aromatic N) is 3. The normalized spacial score (nSPS) is 11.3. The van der Waals surface area contributed by atoms with Crippen molar-refractivity contribution in [1.82, 2.24) is 9.66 Å². The van der Waals surface area contributed by atoms with Crippen LogP contribution in [0.15, 0.2) is 76.9 Å². The zero-order valence-electron chi connectivity index (χ0n) is 15.4. The molecule has 0 aliphatic rings. The Balaban J connectivity index is 1.52. The van der Waals surface area contributed by atoms with Gasteiger partial charge in [0.2, 0.25) is 0 Å². The second-order valence-corrected chi connectivity index (χ2v) is 7.39. The SMILES string of the molecule is CCc1cc2c(=O)n(/N=C\c3cccc(OCc4ccccc4)c3)cnc2s1. The van der Waals surface area contributed by atoms with Gasteiger partial charge in [-0.1, -0.05) is 49.4 Å². The zero-order chi connectivity index (χ0) is 19.3. The van der Waals surface area contributed by atoms with Crippen molar-refractivity contribution in [2.24, 2.45) is 5.10 Å². The molecule has 0 amide bonds. The number of thiophene rings is 1. The summed E-state index contributed by atoms with van der Waals surface area (Å²) in [4.78, 5) is 18.8. The van der Waals surface area contributed by atoms with Gasteiger partial charge in [-0.05, 0) is 35.7 Å². The molecule has 4 aromatic rings. The lowest BCUT2D eigenvalue weighted by atomic mass is 10.2. The van der Waals surface area contributed by atoms with Crippen LogP contribution in [0.5, 0.6) is 5.75 Å². The molecule has 5 nitrogen and oxygen atoms in total. The van der Waals surface area contributed by atoms with Crippen molar-refractivity contribution in [1.29, 1.82) is 0 Å². The minimum Gasteiger partial charge on any atom is -0.489 e. The molecule has 2 aromatic carbocycles. The largest absolute Gasteiger partial charge is 0.489 e. The topological polar surface area (TPSA) is 56.5 Å². The summed E-state index contributed by atoms with van der Waals surface area (Å²) in [6, 6.07) is 19.5. The molecule has 0 N–H and O–H groups in total. The minimum atomic E-state index is -0.159. The number of benzene rings is 2. The molecule has 0 atom stereocenters. The summed E-state index contributed by atoms with van der Waals surface area (Å²) in [7, 11) is 0. The van der Waals surface area contributed by atoms with E-state index in [1.165, 1.54) is 11.0 Å². The van der Waals surface area contributed by atoms with Gasteiger partial charge in [0.05, 0.1) is 11.6 Å². The molecule has 0 spiro atoms. The predicted octanol–water partition coefficient (Wildman–Crippen LogP) is 4.48. The number of hydrogen-bond donors (Lipinski definition) is 0. The third kappa shape index (κ3) is 4.02. The van der Waals surface area contributed by atoms with Crippen LogP contribution in [-0.2, 0) is 13.0 Å². The third-order valence-corrected chi connectivity index (χ3v) is 5.46. The molecule has 2 heterocycles. The van der Waals surface area contributed by atoms with Gasteiger partial charge in [0.1, 0.15) is 23.5 Å². The van der Waals surface area contributed by atoms with Crippen LogP contribution < -0.4 is 10.3 Å². The highest BCUT2D eigenvalue weighted by atomic mass is 32.1. The molecule has 0 aliphatic carbocycles. The van der Waals surface area contributed by atoms with Crippen LogP contribution in [0.1, 0.15) is 22.9 Å². The molecule has 2 aromatic heterocycles. The third-order valence-electron chi connectivity index (χ3n) is 4.27. The van der Waals surface area contributed by atoms with Crippen molar-refractivity contribution in [3.05, 3.63) is 93.3 Å². The van der Waals surface area contributed by atoms with E-state index in [2.05, 4.69) is 17.0 Å². The summed E-state index contributed by atoms with van der Waals surface area (Å²) in [5.41, 5.74) is 1.79. The van der Waals surface area contributed by atoms with Gasteiger partial charge < -0.3 is 4.74 Å². The van der Waals surface area contributed by atoms with Gasteiger partial charge in [-0.15, -0.1) is 11.3 Å². The van der Waals surface area contributed by atoms with Crippen molar-refractivity contribution < 1.29 is 4.74 Å². The van der Waals surface area contributed by atoms with Crippen LogP contribution in [0, 0.1) is 0 Å². The molecule has 0 aliphatic heterocycles. The second-order valence-electron chi connectivity index (χ2n) is 6.27. The fraction of sp³-hybridized carbons (Fsp3) is 0.136. The van der Waals surface area contributed by atoms with Crippen LogP contribution in [0.4, 0.5) is 0 Å². The lowest BCUT2D eigenvalue weighted by molar-refractivity contribution is 0.306. The first-order chi connectivity index (χ1) is 13.7. The van der Waals surface area contributed by atoms with E-state index in [0.717, 1.165) is 33.0 Å². The quantitative estimate of drug-likeness (QED) is 0.457. The summed E-state index contributed by atoms with van der Waals surface area (Å²) >= 11 is 1.55. The zero-order valence-corrected chi connectivity index (χ0v) is 16.2. The van der Waals surface area contributed by atoms with Gasteiger partial charge in [-0.2, -0.15) is 9.78 Å². The minimum absolute atomic E-state index is 0.159. The van der Waals surface area contributed by atoms with E-state index in [9.17, 15) is 4.79 Å². The lowest BCUT2D eigenvalue weighted by Crippen LogP contribution is -2.16. The number of ether oxygens (including phenoxy) is 1. The highest BCUT2D eigenvalue weighted by Gasteiger charge is 2.07. The van der Waals surface area contributed by atoms with Gasteiger partial charge in [0.25, 0.3) is 5.56 Å². The Morgan fingerprint density at radius 1 is 1.14 bits per heavy atom. The Bertz CT molecular complexity index is 1180. The summed E-state index contributed by atoms with van der Waals surface area (Å²) in [6.45, 7) is 2.56. The number of aromatic nitrogens is 2. The number of rotatable bonds is 6. The van der Waals surface area contributed by atoms with E-state index >= 15 is 0 Å². The fourth-order valence-electron chi connectivity index (χ4n) is 2.77.